The van der Waals surface area contributed by atoms with Gasteiger partial charge in [-0.05, 0) is 13.3 Å². The van der Waals surface area contributed by atoms with Crippen molar-refractivity contribution in [3.05, 3.63) is 11.6 Å². The van der Waals surface area contributed by atoms with Crippen LogP contribution in [0.3, 0.4) is 0 Å². The molecule has 0 amide bonds. The number of hydrogen-bond acceptors (Lipinski definition) is 2. The molecule has 0 radical (unpaired) electrons. The second-order valence-corrected chi connectivity index (χ2v) is 2.51. The molecule has 0 aliphatic heterocycles. The van der Waals surface area contributed by atoms with Crippen LogP contribution in [0.25, 0.3) is 0 Å². The summed E-state index contributed by atoms with van der Waals surface area (Å²) in [6, 6.07) is 0. The first-order valence-corrected chi connectivity index (χ1v) is 3.65. The Bertz CT molecular complexity index is 254. The van der Waals surface area contributed by atoms with Gasteiger partial charge in [-0.1, -0.05) is 6.92 Å². The van der Waals surface area contributed by atoms with E-state index in [0.29, 0.717) is 12.2 Å². The van der Waals surface area contributed by atoms with E-state index in [1.54, 1.807) is 6.92 Å². The molecule has 1 aromatic heterocycles. The van der Waals surface area contributed by atoms with Gasteiger partial charge in [0.1, 0.15) is 5.69 Å². The molecule has 2 N–H and O–H groups in total. The van der Waals surface area contributed by atoms with Crippen molar-refractivity contribution in [2.75, 3.05) is 5.73 Å². The maximum absolute atomic E-state index is 13.0. The summed E-state index contributed by atoms with van der Waals surface area (Å²) in [5.74, 6) is -0.413. The van der Waals surface area contributed by atoms with Crippen LogP contribution in [0.1, 0.15) is 19.0 Å². The number of aromatic nitrogens is 2. The fourth-order valence-electron chi connectivity index (χ4n) is 0.927. The van der Waals surface area contributed by atoms with Crippen molar-refractivity contribution in [1.82, 2.24) is 9.78 Å². The zero-order valence-electron chi connectivity index (χ0n) is 6.76. The fourth-order valence-corrected chi connectivity index (χ4v) is 0.927. The van der Waals surface area contributed by atoms with Crippen LogP contribution < -0.4 is 5.73 Å². The van der Waals surface area contributed by atoms with Gasteiger partial charge in [0.2, 0.25) is 5.95 Å². The van der Waals surface area contributed by atoms with E-state index in [1.165, 1.54) is 4.68 Å². The second kappa shape index (κ2) is 2.90. The van der Waals surface area contributed by atoms with Crippen molar-refractivity contribution < 1.29 is 4.39 Å². The van der Waals surface area contributed by atoms with Gasteiger partial charge in [0.05, 0.1) is 5.69 Å². The van der Waals surface area contributed by atoms with E-state index in [1.807, 2.05) is 6.92 Å². The summed E-state index contributed by atoms with van der Waals surface area (Å²) in [6.45, 7) is 4.25. The lowest BCUT2D eigenvalue weighted by Gasteiger charge is -1.96. The highest BCUT2D eigenvalue weighted by Gasteiger charge is 2.09. The van der Waals surface area contributed by atoms with Crippen LogP contribution >= 0.6 is 0 Å². The van der Waals surface area contributed by atoms with E-state index in [2.05, 4.69) is 5.10 Å². The van der Waals surface area contributed by atoms with E-state index < -0.39 is 5.95 Å². The van der Waals surface area contributed by atoms with Gasteiger partial charge >= 0.3 is 0 Å². The fraction of sp³-hybridized carbons (Fsp3) is 0.571. The van der Waals surface area contributed by atoms with Gasteiger partial charge < -0.3 is 5.73 Å². The highest BCUT2D eigenvalue weighted by Crippen LogP contribution is 2.13. The van der Waals surface area contributed by atoms with Crippen LogP contribution in [0.5, 0.6) is 0 Å². The van der Waals surface area contributed by atoms with Crippen molar-refractivity contribution >= 4 is 5.69 Å². The molecule has 0 atom stereocenters. The van der Waals surface area contributed by atoms with Crippen LogP contribution in [-0.4, -0.2) is 9.78 Å². The second-order valence-electron chi connectivity index (χ2n) is 2.51. The predicted molar refractivity (Wildman–Crippen MR) is 41.6 cm³/mol. The zero-order chi connectivity index (χ0) is 8.43. The molecule has 0 saturated carbocycles. The van der Waals surface area contributed by atoms with Crippen molar-refractivity contribution in [2.45, 2.75) is 26.8 Å². The Kier molecular flexibility index (Phi) is 2.12. The number of nitrogens with zero attached hydrogens (tertiary/aromatic N) is 2. The van der Waals surface area contributed by atoms with E-state index in [0.717, 1.165) is 6.42 Å². The Balaban J connectivity index is 2.98. The molecule has 0 aromatic carbocycles. The molecule has 4 heteroatoms. The van der Waals surface area contributed by atoms with Gasteiger partial charge in [-0.25, -0.2) is 4.68 Å². The Morgan fingerprint density at radius 1 is 1.64 bits per heavy atom. The summed E-state index contributed by atoms with van der Waals surface area (Å²) >= 11 is 0. The summed E-state index contributed by atoms with van der Waals surface area (Å²) in [7, 11) is 0. The largest absolute Gasteiger partial charge is 0.393 e. The molecule has 0 fully saturated rings. The number of anilines is 1. The van der Waals surface area contributed by atoms with Gasteiger partial charge in [-0.2, -0.15) is 9.49 Å². The molecule has 0 saturated heterocycles. The maximum atomic E-state index is 13.0. The number of halogens is 1. The lowest BCUT2D eigenvalue weighted by molar-refractivity contribution is 0.454. The standard InChI is InChI=1S/C7H12FN3/c1-3-4-11-7(8)6(9)5(2)10-11/h3-4,9H2,1-2H3. The van der Waals surface area contributed by atoms with E-state index in [4.69, 9.17) is 5.73 Å². The molecule has 1 heterocycles. The van der Waals surface area contributed by atoms with Gasteiger partial charge in [0.25, 0.3) is 0 Å². The maximum Gasteiger partial charge on any atom is 0.234 e. The summed E-state index contributed by atoms with van der Waals surface area (Å²) in [5.41, 5.74) is 6.11. The Morgan fingerprint density at radius 3 is 2.64 bits per heavy atom. The van der Waals surface area contributed by atoms with E-state index >= 15 is 0 Å². The summed E-state index contributed by atoms with van der Waals surface area (Å²) in [6.07, 6.45) is 0.859. The van der Waals surface area contributed by atoms with Crippen molar-refractivity contribution in [3.8, 4) is 0 Å². The molecule has 3 nitrogen and oxygen atoms in total. The van der Waals surface area contributed by atoms with E-state index in [9.17, 15) is 4.39 Å². The third-order valence-corrected chi connectivity index (χ3v) is 1.54. The minimum Gasteiger partial charge on any atom is -0.393 e. The normalized spacial score (nSPS) is 10.5. The minimum atomic E-state index is -0.413. The number of aryl methyl sites for hydroxylation is 2. The highest BCUT2D eigenvalue weighted by atomic mass is 19.1. The summed E-state index contributed by atoms with van der Waals surface area (Å²) in [4.78, 5) is 0. The van der Waals surface area contributed by atoms with Gasteiger partial charge in [-0.15, -0.1) is 0 Å². The quantitative estimate of drug-likeness (QED) is 0.703. The number of rotatable bonds is 2. The molecule has 0 bridgehead atoms. The minimum absolute atomic E-state index is 0.165. The zero-order valence-corrected chi connectivity index (χ0v) is 6.76. The number of nitrogens with two attached hydrogens (primary N) is 1. The predicted octanol–water partition coefficient (Wildman–Crippen LogP) is 1.32. The Morgan fingerprint density at radius 2 is 2.27 bits per heavy atom. The first-order valence-electron chi connectivity index (χ1n) is 3.65. The van der Waals surface area contributed by atoms with Gasteiger partial charge in [0, 0.05) is 6.54 Å². The third kappa shape index (κ3) is 1.34. The average Bonchev–Trinajstić information content (AvgIpc) is 2.19. The van der Waals surface area contributed by atoms with Crippen LogP contribution in [0.4, 0.5) is 10.1 Å². The number of hydrogen-bond donors (Lipinski definition) is 1. The SMILES string of the molecule is CCCn1nc(C)c(N)c1F. The van der Waals surface area contributed by atoms with Crippen molar-refractivity contribution in [3.63, 3.8) is 0 Å². The molecule has 1 aromatic rings. The van der Waals surface area contributed by atoms with Gasteiger partial charge in [0.15, 0.2) is 0 Å². The van der Waals surface area contributed by atoms with Crippen LogP contribution in [0.15, 0.2) is 0 Å². The molecule has 0 spiro atoms. The summed E-state index contributed by atoms with van der Waals surface area (Å²) in [5, 5.41) is 3.92. The van der Waals surface area contributed by atoms with Crippen LogP contribution in [-0.2, 0) is 6.54 Å². The van der Waals surface area contributed by atoms with E-state index in [-0.39, 0.29) is 5.69 Å². The first-order chi connectivity index (χ1) is 5.16. The van der Waals surface area contributed by atoms with Crippen LogP contribution in [0, 0.1) is 12.9 Å². The summed E-state index contributed by atoms with van der Waals surface area (Å²) < 4.78 is 14.3. The average molecular weight is 157 g/mol. The lowest BCUT2D eigenvalue weighted by Crippen LogP contribution is -2.02. The molecule has 0 aliphatic carbocycles. The van der Waals surface area contributed by atoms with Crippen molar-refractivity contribution in [1.29, 1.82) is 0 Å². The molecule has 11 heavy (non-hydrogen) atoms. The van der Waals surface area contributed by atoms with Crippen molar-refractivity contribution in [2.24, 2.45) is 0 Å². The van der Waals surface area contributed by atoms with Gasteiger partial charge in [-0.3, -0.25) is 0 Å². The Hall–Kier alpha value is -1.06. The van der Waals surface area contributed by atoms with Crippen LogP contribution in [0.2, 0.25) is 0 Å². The molecule has 0 aliphatic rings. The Labute approximate surface area is 65.0 Å². The topological polar surface area (TPSA) is 43.8 Å². The smallest absolute Gasteiger partial charge is 0.234 e. The molecular formula is C7H12FN3. The monoisotopic (exact) mass is 157 g/mol. The molecule has 1 rings (SSSR count). The molecular weight excluding hydrogens is 145 g/mol. The first kappa shape index (κ1) is 8.04. The molecule has 0 unspecified atom stereocenters. The number of nitrogen functional groups attached to an aromatic ring is 1. The molecule has 62 valence electrons. The lowest BCUT2D eigenvalue weighted by atomic mass is 10.4. The third-order valence-electron chi connectivity index (χ3n) is 1.54. The highest BCUT2D eigenvalue weighted by molar-refractivity contribution is 5.40.